The molecular weight excluding hydrogens is 283 g/mol. The molecule has 0 aliphatic heterocycles. The number of anilines is 1. The predicted octanol–water partition coefficient (Wildman–Crippen LogP) is 1.18. The number of rotatable bonds is 4. The highest BCUT2D eigenvalue weighted by Crippen LogP contribution is 2.20. The molecule has 0 spiro atoms. The van der Waals surface area contributed by atoms with Crippen molar-refractivity contribution in [2.24, 2.45) is 7.05 Å². The molecule has 2 rings (SSSR count). The number of imidazole rings is 1. The van der Waals surface area contributed by atoms with Crippen LogP contribution in [0.3, 0.4) is 0 Å². The van der Waals surface area contributed by atoms with Gasteiger partial charge in [0.05, 0.1) is 6.33 Å². The fraction of sp³-hybridized carbons (Fsp3) is 0.250. The maximum Gasteiger partial charge on any atom is 0.260 e. The Morgan fingerprint density at radius 3 is 2.45 bits per heavy atom. The average molecular weight is 298 g/mol. The third-order valence-corrected chi connectivity index (χ3v) is 4.54. The van der Waals surface area contributed by atoms with Crippen LogP contribution in [0.25, 0.3) is 0 Å². The Hall–Kier alpha value is -1.93. The van der Waals surface area contributed by atoms with Gasteiger partial charge in [-0.1, -0.05) is 12.1 Å². The molecule has 2 aromatic rings. The second-order valence-corrected chi connectivity index (χ2v) is 6.07. The molecular formula is C12H15FN4O2S. The highest BCUT2D eigenvalue weighted by Gasteiger charge is 2.24. The van der Waals surface area contributed by atoms with E-state index < -0.39 is 16.1 Å². The number of nitrogens with zero attached hydrogens (tertiary/aromatic N) is 2. The lowest BCUT2D eigenvalue weighted by molar-refractivity contribution is 0.557. The molecule has 1 heterocycles. The molecule has 20 heavy (non-hydrogen) atoms. The Balaban J connectivity index is 2.27. The number of nitrogen functional groups attached to an aromatic ring is 1. The lowest BCUT2D eigenvalue weighted by atomic mass is 10.1. The van der Waals surface area contributed by atoms with Crippen LogP contribution in [0, 0.1) is 5.82 Å². The third kappa shape index (κ3) is 2.81. The van der Waals surface area contributed by atoms with Crippen molar-refractivity contribution < 1.29 is 12.8 Å². The molecule has 0 aliphatic rings. The third-order valence-electron chi connectivity index (χ3n) is 2.87. The molecule has 3 N–H and O–H groups in total. The summed E-state index contributed by atoms with van der Waals surface area (Å²) in [5.41, 5.74) is 6.21. The summed E-state index contributed by atoms with van der Waals surface area (Å²) in [5, 5.41) is -0.0912. The Morgan fingerprint density at radius 2 is 1.95 bits per heavy atom. The Kier molecular flexibility index (Phi) is 3.78. The number of halogens is 1. The summed E-state index contributed by atoms with van der Waals surface area (Å²) >= 11 is 0. The highest BCUT2D eigenvalue weighted by atomic mass is 32.2. The molecule has 0 radical (unpaired) electrons. The minimum atomic E-state index is -3.80. The Labute approximate surface area is 116 Å². The number of nitrogens with two attached hydrogens (primary N) is 1. The molecule has 1 unspecified atom stereocenters. The first-order valence-corrected chi connectivity index (χ1v) is 7.34. The van der Waals surface area contributed by atoms with E-state index in [2.05, 4.69) is 9.71 Å². The van der Waals surface area contributed by atoms with E-state index in [0.717, 1.165) is 0 Å². The first kappa shape index (κ1) is 14.5. The first-order chi connectivity index (χ1) is 9.31. The van der Waals surface area contributed by atoms with E-state index in [9.17, 15) is 12.8 Å². The molecule has 6 nitrogen and oxygen atoms in total. The lowest BCUT2D eigenvalue weighted by Gasteiger charge is -2.15. The number of hydrogen-bond donors (Lipinski definition) is 2. The molecule has 0 saturated heterocycles. The van der Waals surface area contributed by atoms with Crippen LogP contribution in [-0.2, 0) is 17.1 Å². The zero-order valence-corrected chi connectivity index (χ0v) is 11.9. The molecule has 108 valence electrons. The molecule has 8 heteroatoms. The molecule has 1 aromatic heterocycles. The van der Waals surface area contributed by atoms with E-state index in [4.69, 9.17) is 5.73 Å². The maximum absolute atomic E-state index is 12.9. The quantitative estimate of drug-likeness (QED) is 0.887. The SMILES string of the molecule is CC(NS(=O)(=O)c1c(N)ncn1C)c1ccc(F)cc1. The van der Waals surface area contributed by atoms with Gasteiger partial charge in [-0.05, 0) is 24.6 Å². The van der Waals surface area contributed by atoms with Crippen molar-refractivity contribution in [2.45, 2.75) is 18.0 Å². The minimum absolute atomic E-state index is 0.0636. The first-order valence-electron chi connectivity index (χ1n) is 5.86. The molecule has 0 bridgehead atoms. The number of sulfonamides is 1. The van der Waals surface area contributed by atoms with Crippen molar-refractivity contribution in [2.75, 3.05) is 5.73 Å². The van der Waals surface area contributed by atoms with Gasteiger partial charge in [0, 0.05) is 13.1 Å². The fourth-order valence-corrected chi connectivity index (χ4v) is 3.34. The zero-order valence-electron chi connectivity index (χ0n) is 11.0. The van der Waals surface area contributed by atoms with Crippen molar-refractivity contribution in [1.82, 2.24) is 14.3 Å². The van der Waals surface area contributed by atoms with Crippen molar-refractivity contribution in [3.63, 3.8) is 0 Å². The average Bonchev–Trinajstić information content (AvgIpc) is 2.69. The van der Waals surface area contributed by atoms with Gasteiger partial charge in [0.2, 0.25) is 0 Å². The number of nitrogens with one attached hydrogen (secondary N) is 1. The van der Waals surface area contributed by atoms with E-state index in [-0.39, 0.29) is 16.7 Å². The van der Waals surface area contributed by atoms with Gasteiger partial charge in [-0.3, -0.25) is 0 Å². The molecule has 1 atom stereocenters. The molecule has 0 saturated carbocycles. The van der Waals surface area contributed by atoms with Crippen LogP contribution in [0.2, 0.25) is 0 Å². The summed E-state index contributed by atoms with van der Waals surface area (Å²) in [6, 6.07) is 5.08. The number of hydrogen-bond acceptors (Lipinski definition) is 4. The Bertz CT molecular complexity index is 690. The van der Waals surface area contributed by atoms with Gasteiger partial charge in [-0.25, -0.2) is 22.5 Å². The van der Waals surface area contributed by atoms with Crippen molar-refractivity contribution in [1.29, 1.82) is 0 Å². The molecule has 0 fully saturated rings. The number of aryl methyl sites for hydroxylation is 1. The van der Waals surface area contributed by atoms with Gasteiger partial charge >= 0.3 is 0 Å². The van der Waals surface area contributed by atoms with E-state index >= 15 is 0 Å². The van der Waals surface area contributed by atoms with Gasteiger partial charge in [-0.2, -0.15) is 0 Å². The van der Waals surface area contributed by atoms with Gasteiger partial charge in [0.15, 0.2) is 10.8 Å². The summed E-state index contributed by atoms with van der Waals surface area (Å²) in [6.07, 6.45) is 1.33. The van der Waals surface area contributed by atoms with Crippen LogP contribution < -0.4 is 10.5 Å². The van der Waals surface area contributed by atoms with E-state index in [0.29, 0.717) is 5.56 Å². The minimum Gasteiger partial charge on any atom is -0.381 e. The zero-order chi connectivity index (χ0) is 14.9. The van der Waals surface area contributed by atoms with E-state index in [1.54, 1.807) is 14.0 Å². The van der Waals surface area contributed by atoms with Crippen molar-refractivity contribution >= 4 is 15.8 Å². The predicted molar refractivity (Wildman–Crippen MR) is 72.8 cm³/mol. The maximum atomic E-state index is 12.9. The number of benzene rings is 1. The smallest absolute Gasteiger partial charge is 0.260 e. The number of aromatic nitrogens is 2. The van der Waals surface area contributed by atoms with Crippen LogP contribution >= 0.6 is 0 Å². The van der Waals surface area contributed by atoms with Crippen LogP contribution in [0.5, 0.6) is 0 Å². The Morgan fingerprint density at radius 1 is 1.35 bits per heavy atom. The van der Waals surface area contributed by atoms with Crippen LogP contribution in [0.1, 0.15) is 18.5 Å². The largest absolute Gasteiger partial charge is 0.381 e. The lowest BCUT2D eigenvalue weighted by Crippen LogP contribution is -2.29. The standard InChI is InChI=1S/C12H15FN4O2S/c1-8(9-3-5-10(13)6-4-9)16-20(18,19)12-11(14)15-7-17(12)2/h3-8,16H,14H2,1-2H3. The summed E-state index contributed by atoms with van der Waals surface area (Å²) in [4.78, 5) is 3.75. The fourth-order valence-electron chi connectivity index (χ4n) is 1.87. The summed E-state index contributed by atoms with van der Waals surface area (Å²) in [5.74, 6) is -0.439. The van der Waals surface area contributed by atoms with Gasteiger partial charge < -0.3 is 10.3 Å². The second kappa shape index (κ2) is 5.22. The topological polar surface area (TPSA) is 90.0 Å². The monoisotopic (exact) mass is 298 g/mol. The van der Waals surface area contributed by atoms with Gasteiger partial charge in [-0.15, -0.1) is 0 Å². The van der Waals surface area contributed by atoms with Gasteiger partial charge in [0.1, 0.15) is 5.82 Å². The molecule has 0 aliphatic carbocycles. The second-order valence-electron chi connectivity index (χ2n) is 4.44. The van der Waals surface area contributed by atoms with E-state index in [1.807, 2.05) is 0 Å². The van der Waals surface area contributed by atoms with Crippen LogP contribution in [0.15, 0.2) is 35.6 Å². The summed E-state index contributed by atoms with van der Waals surface area (Å²) in [6.45, 7) is 1.66. The summed E-state index contributed by atoms with van der Waals surface area (Å²) in [7, 11) is -2.26. The van der Waals surface area contributed by atoms with Crippen molar-refractivity contribution in [3.05, 3.63) is 42.0 Å². The van der Waals surface area contributed by atoms with E-state index in [1.165, 1.54) is 35.2 Å². The highest BCUT2D eigenvalue weighted by molar-refractivity contribution is 7.89. The van der Waals surface area contributed by atoms with Crippen LogP contribution in [0.4, 0.5) is 10.2 Å². The molecule has 0 amide bonds. The normalized spacial score (nSPS) is 13.3. The van der Waals surface area contributed by atoms with Crippen LogP contribution in [-0.4, -0.2) is 18.0 Å². The van der Waals surface area contributed by atoms with Gasteiger partial charge in [0.25, 0.3) is 10.0 Å². The molecule has 1 aromatic carbocycles. The van der Waals surface area contributed by atoms with Crippen molar-refractivity contribution in [3.8, 4) is 0 Å². The summed E-state index contributed by atoms with van der Waals surface area (Å²) < 4.78 is 41.2.